The Balaban J connectivity index is 1.35. The van der Waals surface area contributed by atoms with Gasteiger partial charge in [-0.05, 0) is 84.8 Å². The molecule has 0 aliphatic carbocycles. The predicted molar refractivity (Wildman–Crippen MR) is 186 cm³/mol. The highest BCUT2D eigenvalue weighted by Crippen LogP contribution is 2.42. The minimum Gasteiger partial charge on any atom is -0.268 e. The first-order valence-electron chi connectivity index (χ1n) is 13.3. The standard InChI is InChI=1S/C31H19Cl2N5O5S3/c1-16-3-6-19(13-22(16)32)34-30-36(20-7-4-17(2)23(33)14-20)29(39)28(44-30)12-18-5-10-26(25(11-18)38(42)43)45-31-35-24-9-8-21(37(40)41)15-27(24)46-31/h3-15H,1-2H3/b28-12-,34-30?. The second kappa shape index (κ2) is 12.9. The number of thiazole rings is 1. The third kappa shape index (κ3) is 6.50. The van der Waals surface area contributed by atoms with Crippen molar-refractivity contribution >= 4 is 108 Å². The summed E-state index contributed by atoms with van der Waals surface area (Å²) in [4.78, 5) is 47.3. The van der Waals surface area contributed by atoms with Gasteiger partial charge in [0.05, 0.1) is 41.2 Å². The zero-order valence-corrected chi connectivity index (χ0v) is 27.7. The molecule has 1 aliphatic heterocycles. The van der Waals surface area contributed by atoms with Gasteiger partial charge in [0.1, 0.15) is 0 Å². The monoisotopic (exact) mass is 707 g/mol. The van der Waals surface area contributed by atoms with Crippen LogP contribution in [-0.2, 0) is 4.79 Å². The van der Waals surface area contributed by atoms with Crippen LogP contribution >= 0.6 is 58.1 Å². The van der Waals surface area contributed by atoms with Crippen LogP contribution in [0.3, 0.4) is 0 Å². The third-order valence-corrected chi connectivity index (χ3v) is 10.8. The largest absolute Gasteiger partial charge is 0.283 e. The molecule has 1 saturated heterocycles. The number of non-ortho nitro benzene ring substituents is 1. The minimum atomic E-state index is -0.499. The van der Waals surface area contributed by atoms with E-state index in [2.05, 4.69) is 4.98 Å². The molecule has 0 radical (unpaired) electrons. The quantitative estimate of drug-likeness (QED) is 0.0927. The fraction of sp³-hybridized carbons (Fsp3) is 0.0645. The Hall–Kier alpha value is -4.27. The molecule has 15 heteroatoms. The van der Waals surface area contributed by atoms with Crippen molar-refractivity contribution in [1.29, 1.82) is 0 Å². The summed E-state index contributed by atoms with van der Waals surface area (Å²) < 4.78 is 1.10. The normalized spacial score (nSPS) is 15.0. The SMILES string of the molecule is Cc1ccc(N=C2S/C(=C\c3ccc(Sc4nc5ccc([N+](=O)[O-])cc5s4)c([N+](=O)[O-])c3)C(=O)N2c2ccc(C)c(Cl)c2)cc1Cl. The molecule has 2 heterocycles. The zero-order valence-electron chi connectivity index (χ0n) is 23.8. The van der Waals surface area contributed by atoms with E-state index >= 15 is 0 Å². The topological polar surface area (TPSA) is 132 Å². The molecule has 0 atom stereocenters. The molecule has 0 bridgehead atoms. The number of nitro benzene ring substituents is 2. The molecule has 1 amide bonds. The molecular weight excluding hydrogens is 689 g/mol. The third-order valence-electron chi connectivity index (χ3n) is 6.84. The number of hydrogen-bond acceptors (Lipinski definition) is 10. The van der Waals surface area contributed by atoms with E-state index < -0.39 is 9.85 Å². The van der Waals surface area contributed by atoms with Crippen molar-refractivity contribution in [3.05, 3.63) is 125 Å². The van der Waals surface area contributed by atoms with Gasteiger partial charge in [-0.2, -0.15) is 0 Å². The summed E-state index contributed by atoms with van der Waals surface area (Å²) in [7, 11) is 0. The van der Waals surface area contributed by atoms with Gasteiger partial charge in [0.2, 0.25) is 0 Å². The number of carbonyl (C=O) groups is 1. The van der Waals surface area contributed by atoms with Gasteiger partial charge in [-0.15, -0.1) is 11.3 Å². The summed E-state index contributed by atoms with van der Waals surface area (Å²) >= 11 is 16.2. The molecule has 1 fully saturated rings. The van der Waals surface area contributed by atoms with E-state index in [1.165, 1.54) is 34.4 Å². The summed E-state index contributed by atoms with van der Waals surface area (Å²) in [5.41, 5.74) is 3.57. The lowest BCUT2D eigenvalue weighted by atomic mass is 10.1. The lowest BCUT2D eigenvalue weighted by Gasteiger charge is -2.16. The number of halogens is 2. The number of aryl methyl sites for hydroxylation is 2. The van der Waals surface area contributed by atoms with Crippen molar-refractivity contribution in [2.45, 2.75) is 23.1 Å². The highest BCUT2D eigenvalue weighted by Gasteiger charge is 2.35. The van der Waals surface area contributed by atoms with E-state index in [0.29, 0.717) is 56.5 Å². The molecule has 1 aliphatic rings. The van der Waals surface area contributed by atoms with Gasteiger partial charge in [0, 0.05) is 28.2 Å². The van der Waals surface area contributed by atoms with Crippen LogP contribution in [0.2, 0.25) is 10.0 Å². The fourth-order valence-electron chi connectivity index (χ4n) is 4.41. The van der Waals surface area contributed by atoms with E-state index in [4.69, 9.17) is 28.2 Å². The van der Waals surface area contributed by atoms with Gasteiger partial charge >= 0.3 is 0 Å². The molecule has 6 rings (SSSR count). The molecule has 0 unspecified atom stereocenters. The Kier molecular flexibility index (Phi) is 8.86. The fourth-order valence-corrected chi connectivity index (χ4v) is 7.90. The molecule has 0 spiro atoms. The summed E-state index contributed by atoms with van der Waals surface area (Å²) in [5, 5.41) is 24.7. The van der Waals surface area contributed by atoms with Crippen LogP contribution in [0, 0.1) is 34.1 Å². The van der Waals surface area contributed by atoms with Gasteiger partial charge < -0.3 is 0 Å². The Bertz CT molecular complexity index is 2170. The number of benzene rings is 4. The van der Waals surface area contributed by atoms with Crippen LogP contribution in [0.15, 0.2) is 91.9 Å². The van der Waals surface area contributed by atoms with E-state index in [1.807, 2.05) is 26.0 Å². The summed E-state index contributed by atoms with van der Waals surface area (Å²) in [6.45, 7) is 3.74. The average Bonchev–Trinajstić information content (AvgIpc) is 3.55. The van der Waals surface area contributed by atoms with Gasteiger partial charge in [0.25, 0.3) is 17.3 Å². The Labute approximate surface area is 284 Å². The number of fused-ring (bicyclic) bond motifs is 1. The lowest BCUT2D eigenvalue weighted by molar-refractivity contribution is -0.387. The molecule has 1 aromatic heterocycles. The number of nitro groups is 2. The number of rotatable bonds is 7. The van der Waals surface area contributed by atoms with Crippen molar-refractivity contribution < 1.29 is 14.6 Å². The Morgan fingerprint density at radius 2 is 1.65 bits per heavy atom. The molecule has 4 aromatic carbocycles. The molecule has 46 heavy (non-hydrogen) atoms. The maximum atomic E-state index is 13.8. The van der Waals surface area contributed by atoms with Crippen LogP contribution in [0.25, 0.3) is 16.3 Å². The van der Waals surface area contributed by atoms with Crippen LogP contribution in [0.1, 0.15) is 16.7 Å². The second-order valence-corrected chi connectivity index (χ2v) is 14.1. The molecule has 10 nitrogen and oxygen atoms in total. The number of amidine groups is 1. The van der Waals surface area contributed by atoms with Gasteiger partial charge in [-0.3, -0.25) is 29.9 Å². The molecule has 0 saturated carbocycles. The van der Waals surface area contributed by atoms with Crippen molar-refractivity contribution in [3.63, 3.8) is 0 Å². The summed E-state index contributed by atoms with van der Waals surface area (Å²) in [5.74, 6) is -0.369. The van der Waals surface area contributed by atoms with Gasteiger partial charge in [-0.1, -0.05) is 53.2 Å². The van der Waals surface area contributed by atoms with Crippen LogP contribution in [0.4, 0.5) is 22.7 Å². The molecule has 230 valence electrons. The highest BCUT2D eigenvalue weighted by atomic mass is 35.5. The smallest absolute Gasteiger partial charge is 0.268 e. The lowest BCUT2D eigenvalue weighted by Crippen LogP contribution is -2.28. The number of aliphatic imine (C=N–C) groups is 1. The number of aromatic nitrogens is 1. The minimum absolute atomic E-state index is 0.0599. The van der Waals surface area contributed by atoms with E-state index in [-0.39, 0.29) is 17.3 Å². The zero-order chi connectivity index (χ0) is 32.7. The number of hydrogen-bond donors (Lipinski definition) is 0. The number of anilines is 1. The highest BCUT2D eigenvalue weighted by molar-refractivity contribution is 8.19. The number of amides is 1. The number of thioether (sulfide) groups is 1. The number of nitrogens with zero attached hydrogens (tertiary/aromatic N) is 5. The summed E-state index contributed by atoms with van der Waals surface area (Å²) in [6, 6.07) is 19.6. The van der Waals surface area contributed by atoms with Crippen LogP contribution < -0.4 is 4.90 Å². The summed E-state index contributed by atoms with van der Waals surface area (Å²) in [6.07, 6.45) is 1.58. The van der Waals surface area contributed by atoms with Crippen LogP contribution in [-0.4, -0.2) is 25.9 Å². The first-order chi connectivity index (χ1) is 22.0. The molecule has 0 N–H and O–H groups in total. The van der Waals surface area contributed by atoms with Gasteiger partial charge in [0.15, 0.2) is 9.51 Å². The first kappa shape index (κ1) is 31.7. The second-order valence-electron chi connectivity index (χ2n) is 9.99. The molecule has 5 aromatic rings. The van der Waals surface area contributed by atoms with Crippen LogP contribution in [0.5, 0.6) is 0 Å². The van der Waals surface area contributed by atoms with Crippen molar-refractivity contribution in [3.8, 4) is 0 Å². The van der Waals surface area contributed by atoms with E-state index in [0.717, 1.165) is 34.7 Å². The molecular formula is C31H19Cl2N5O5S3. The van der Waals surface area contributed by atoms with Crippen molar-refractivity contribution in [2.75, 3.05) is 4.90 Å². The maximum absolute atomic E-state index is 13.8. The van der Waals surface area contributed by atoms with Crippen molar-refractivity contribution in [1.82, 2.24) is 4.98 Å². The van der Waals surface area contributed by atoms with Gasteiger partial charge in [-0.25, -0.2) is 9.98 Å². The maximum Gasteiger partial charge on any atom is 0.283 e. The van der Waals surface area contributed by atoms with E-state index in [1.54, 1.807) is 48.5 Å². The van der Waals surface area contributed by atoms with Crippen molar-refractivity contribution in [2.24, 2.45) is 4.99 Å². The van der Waals surface area contributed by atoms with E-state index in [9.17, 15) is 25.0 Å². The Morgan fingerprint density at radius 3 is 2.35 bits per heavy atom. The Morgan fingerprint density at radius 1 is 0.913 bits per heavy atom. The predicted octanol–water partition coefficient (Wildman–Crippen LogP) is 10.00. The average molecular weight is 709 g/mol. The first-order valence-corrected chi connectivity index (χ1v) is 16.5. The number of carbonyl (C=O) groups excluding carboxylic acids is 1.